The van der Waals surface area contributed by atoms with Crippen LogP contribution < -0.4 is 0 Å². The van der Waals surface area contributed by atoms with Gasteiger partial charge in [0.25, 0.3) is 0 Å². The fraction of sp³-hybridized carbons (Fsp3) is 0.667. The molecule has 1 atom stereocenters. The van der Waals surface area contributed by atoms with E-state index in [1.54, 1.807) is 6.92 Å². The van der Waals surface area contributed by atoms with Crippen molar-refractivity contribution >= 4 is 17.9 Å². The van der Waals surface area contributed by atoms with Gasteiger partial charge in [0.2, 0.25) is 0 Å². The lowest BCUT2D eigenvalue weighted by Crippen LogP contribution is -2.28. The Bertz CT molecular complexity index is 416. The van der Waals surface area contributed by atoms with Crippen molar-refractivity contribution in [3.63, 3.8) is 0 Å². The third-order valence-corrected chi connectivity index (χ3v) is 2.57. The fourth-order valence-corrected chi connectivity index (χ4v) is 1.46. The van der Waals surface area contributed by atoms with Gasteiger partial charge < -0.3 is 24.1 Å². The van der Waals surface area contributed by atoms with Crippen LogP contribution in [0.25, 0.3) is 0 Å². The van der Waals surface area contributed by atoms with Crippen molar-refractivity contribution in [1.82, 2.24) is 0 Å². The lowest BCUT2D eigenvalue weighted by molar-refractivity contribution is -0.165. The Morgan fingerprint density at radius 1 is 1.04 bits per heavy atom. The Hall–Kier alpha value is -1.93. The van der Waals surface area contributed by atoms with Crippen molar-refractivity contribution in [2.45, 2.75) is 33.3 Å². The topological polar surface area (TPSA) is 108 Å². The van der Waals surface area contributed by atoms with Crippen LogP contribution in [0.4, 0.5) is 0 Å². The van der Waals surface area contributed by atoms with Crippen LogP contribution >= 0.6 is 0 Å². The number of hydrogen-bond donors (Lipinski definition) is 1. The molecule has 0 aliphatic heterocycles. The van der Waals surface area contributed by atoms with E-state index >= 15 is 0 Å². The highest BCUT2D eigenvalue weighted by atomic mass is 16.6. The summed E-state index contributed by atoms with van der Waals surface area (Å²) in [6, 6.07) is 0. The summed E-state index contributed by atoms with van der Waals surface area (Å²) in [5.74, 6) is -2.89. The maximum Gasteiger partial charge on any atom is 0.347 e. The van der Waals surface area contributed by atoms with Gasteiger partial charge in [-0.2, -0.15) is 0 Å². The van der Waals surface area contributed by atoms with E-state index in [0.717, 1.165) is 6.08 Å². The summed E-state index contributed by atoms with van der Waals surface area (Å²) in [5.41, 5.74) is -0.0834. The molecule has 8 heteroatoms. The number of aliphatic carboxylic acids is 1. The predicted octanol–water partition coefficient (Wildman–Crippen LogP) is 0.935. The zero-order chi connectivity index (χ0) is 17.7. The highest BCUT2D eigenvalue weighted by Crippen LogP contribution is 2.08. The maximum absolute atomic E-state index is 11.9. The third-order valence-electron chi connectivity index (χ3n) is 2.57. The normalized spacial score (nSPS) is 12.6. The van der Waals surface area contributed by atoms with Crippen molar-refractivity contribution in [2.75, 3.05) is 33.0 Å². The smallest absolute Gasteiger partial charge is 0.347 e. The minimum atomic E-state index is -1.28. The number of ether oxygens (including phenoxy) is 4. The van der Waals surface area contributed by atoms with Crippen LogP contribution in [-0.4, -0.2) is 62.2 Å². The van der Waals surface area contributed by atoms with E-state index in [0.29, 0.717) is 13.2 Å². The molecular weight excluding hydrogens is 308 g/mol. The van der Waals surface area contributed by atoms with Gasteiger partial charge in [0.15, 0.2) is 6.10 Å². The summed E-state index contributed by atoms with van der Waals surface area (Å²) < 4.78 is 19.9. The SMILES string of the molecule is CCOCCOC(=O)C(C)OC(=O)/C(=C\C(=O)O)CCOCC. The number of carboxylic acids is 1. The molecule has 0 saturated carbocycles. The van der Waals surface area contributed by atoms with E-state index in [-0.39, 0.29) is 31.8 Å². The molecule has 1 N–H and O–H groups in total. The molecule has 0 rings (SSSR count). The fourth-order valence-electron chi connectivity index (χ4n) is 1.46. The standard InChI is InChI=1S/C15H24O8/c1-4-20-7-6-12(10-13(16)17)15(19)23-11(3)14(18)22-9-8-21-5-2/h10-11H,4-9H2,1-3H3,(H,16,17)/b12-10-. The summed E-state index contributed by atoms with van der Waals surface area (Å²) >= 11 is 0. The zero-order valence-corrected chi connectivity index (χ0v) is 13.7. The van der Waals surface area contributed by atoms with Gasteiger partial charge in [-0.05, 0) is 20.8 Å². The van der Waals surface area contributed by atoms with Gasteiger partial charge >= 0.3 is 17.9 Å². The molecule has 0 radical (unpaired) electrons. The van der Waals surface area contributed by atoms with Gasteiger partial charge in [0.05, 0.1) is 13.2 Å². The second kappa shape index (κ2) is 12.6. The molecule has 0 spiro atoms. The maximum atomic E-state index is 11.9. The highest BCUT2D eigenvalue weighted by Gasteiger charge is 2.22. The molecule has 8 nitrogen and oxygen atoms in total. The van der Waals surface area contributed by atoms with Crippen LogP contribution in [0.15, 0.2) is 11.6 Å². The highest BCUT2D eigenvalue weighted by molar-refractivity contribution is 5.96. The van der Waals surface area contributed by atoms with Crippen molar-refractivity contribution in [1.29, 1.82) is 0 Å². The lowest BCUT2D eigenvalue weighted by Gasteiger charge is -2.14. The number of hydrogen-bond acceptors (Lipinski definition) is 7. The van der Waals surface area contributed by atoms with Crippen molar-refractivity contribution in [3.05, 3.63) is 11.6 Å². The number of rotatable bonds is 12. The van der Waals surface area contributed by atoms with Crippen molar-refractivity contribution < 1.29 is 38.4 Å². The Labute approximate surface area is 135 Å². The van der Waals surface area contributed by atoms with E-state index in [1.165, 1.54) is 6.92 Å². The minimum Gasteiger partial charge on any atom is -0.478 e. The Morgan fingerprint density at radius 3 is 2.22 bits per heavy atom. The molecule has 0 aromatic carbocycles. The van der Waals surface area contributed by atoms with E-state index in [9.17, 15) is 14.4 Å². The Kier molecular flexibility index (Phi) is 11.5. The van der Waals surface area contributed by atoms with Crippen LogP contribution in [0, 0.1) is 0 Å². The number of carbonyl (C=O) groups excluding carboxylic acids is 2. The summed E-state index contributed by atoms with van der Waals surface area (Å²) in [6.45, 7) is 6.37. The summed E-state index contributed by atoms with van der Waals surface area (Å²) in [4.78, 5) is 34.3. The molecule has 0 heterocycles. The van der Waals surface area contributed by atoms with Gasteiger partial charge in [-0.1, -0.05) is 0 Å². The number of carbonyl (C=O) groups is 3. The van der Waals surface area contributed by atoms with Crippen molar-refractivity contribution in [3.8, 4) is 0 Å². The van der Waals surface area contributed by atoms with E-state index in [1.807, 2.05) is 6.92 Å². The number of carboxylic acid groups (broad SMARTS) is 1. The molecule has 0 amide bonds. The predicted molar refractivity (Wildman–Crippen MR) is 79.8 cm³/mol. The minimum absolute atomic E-state index is 0.0523. The van der Waals surface area contributed by atoms with Gasteiger partial charge in [-0.25, -0.2) is 14.4 Å². The monoisotopic (exact) mass is 332 g/mol. The first-order chi connectivity index (χ1) is 10.9. The van der Waals surface area contributed by atoms with Crippen LogP contribution in [0.5, 0.6) is 0 Å². The Morgan fingerprint density at radius 2 is 1.65 bits per heavy atom. The van der Waals surface area contributed by atoms with Crippen LogP contribution in [0.1, 0.15) is 27.2 Å². The van der Waals surface area contributed by atoms with Gasteiger partial charge in [0.1, 0.15) is 6.61 Å². The number of esters is 2. The van der Waals surface area contributed by atoms with E-state index in [2.05, 4.69) is 0 Å². The first-order valence-electron chi connectivity index (χ1n) is 7.38. The molecule has 23 heavy (non-hydrogen) atoms. The summed E-state index contributed by atoms with van der Waals surface area (Å²) in [6.07, 6.45) is -0.326. The molecule has 0 fully saturated rings. The van der Waals surface area contributed by atoms with Gasteiger partial charge in [-0.3, -0.25) is 0 Å². The first-order valence-corrected chi connectivity index (χ1v) is 7.38. The van der Waals surface area contributed by atoms with Gasteiger partial charge in [0, 0.05) is 31.3 Å². The van der Waals surface area contributed by atoms with Crippen LogP contribution in [-0.2, 0) is 33.3 Å². The molecule has 0 aromatic heterocycles. The van der Waals surface area contributed by atoms with Crippen molar-refractivity contribution in [2.24, 2.45) is 0 Å². The quantitative estimate of drug-likeness (QED) is 0.319. The molecule has 0 aliphatic carbocycles. The summed E-state index contributed by atoms with van der Waals surface area (Å²) in [7, 11) is 0. The van der Waals surface area contributed by atoms with Gasteiger partial charge in [-0.15, -0.1) is 0 Å². The second-order valence-electron chi connectivity index (χ2n) is 4.37. The largest absolute Gasteiger partial charge is 0.478 e. The molecule has 0 aromatic rings. The molecule has 0 bridgehead atoms. The molecule has 0 aliphatic rings. The lowest BCUT2D eigenvalue weighted by atomic mass is 10.2. The average molecular weight is 332 g/mol. The molecule has 132 valence electrons. The van der Waals surface area contributed by atoms with E-state index in [4.69, 9.17) is 24.1 Å². The summed E-state index contributed by atoms with van der Waals surface area (Å²) in [5, 5.41) is 8.77. The van der Waals surface area contributed by atoms with E-state index < -0.39 is 24.0 Å². The van der Waals surface area contributed by atoms with Crippen LogP contribution in [0.2, 0.25) is 0 Å². The molecule has 0 saturated heterocycles. The third kappa shape index (κ3) is 10.4. The second-order valence-corrected chi connectivity index (χ2v) is 4.37. The first kappa shape index (κ1) is 21.1. The molecule has 1 unspecified atom stereocenters. The Balaban J connectivity index is 4.47. The molecular formula is C15H24O8. The average Bonchev–Trinajstić information content (AvgIpc) is 2.50. The van der Waals surface area contributed by atoms with Crippen LogP contribution in [0.3, 0.4) is 0 Å². The zero-order valence-electron chi connectivity index (χ0n) is 13.7.